The molecule has 1 aliphatic heterocycles. The second-order valence-corrected chi connectivity index (χ2v) is 5.49. The Bertz CT molecular complexity index is 343. The van der Waals surface area contributed by atoms with Crippen LogP contribution in [0.5, 0.6) is 0 Å². The van der Waals surface area contributed by atoms with Crippen molar-refractivity contribution in [2.24, 2.45) is 5.92 Å². The predicted octanol–water partition coefficient (Wildman–Crippen LogP) is 3.63. The van der Waals surface area contributed by atoms with Crippen molar-refractivity contribution in [1.29, 1.82) is 0 Å². The molecule has 0 bridgehead atoms. The van der Waals surface area contributed by atoms with Crippen molar-refractivity contribution in [3.8, 4) is 0 Å². The van der Waals surface area contributed by atoms with E-state index in [1.807, 2.05) is 12.3 Å². The highest BCUT2D eigenvalue weighted by Gasteiger charge is 2.32. The quantitative estimate of drug-likeness (QED) is 0.771. The van der Waals surface area contributed by atoms with Gasteiger partial charge in [-0.15, -0.1) is 0 Å². The average Bonchev–Trinajstić information content (AvgIpc) is 2.90. The van der Waals surface area contributed by atoms with Crippen molar-refractivity contribution in [2.45, 2.75) is 51.0 Å². The van der Waals surface area contributed by atoms with E-state index in [1.165, 1.54) is 57.3 Å². The molecule has 1 atom stereocenters. The van der Waals surface area contributed by atoms with E-state index in [0.29, 0.717) is 0 Å². The minimum absolute atomic E-state index is 0.769. The minimum atomic E-state index is 0.769. The first-order valence-electron chi connectivity index (χ1n) is 7.13. The van der Waals surface area contributed by atoms with Crippen LogP contribution in [-0.4, -0.2) is 17.6 Å². The second-order valence-electron chi connectivity index (χ2n) is 5.49. The van der Waals surface area contributed by atoms with Crippen LogP contribution < -0.4 is 4.90 Å². The van der Waals surface area contributed by atoms with Crippen LogP contribution in [0, 0.1) is 5.92 Å². The molecular formula is C15H22N2. The van der Waals surface area contributed by atoms with E-state index in [1.54, 1.807) is 0 Å². The van der Waals surface area contributed by atoms with Crippen LogP contribution in [-0.2, 0) is 0 Å². The van der Waals surface area contributed by atoms with E-state index in [4.69, 9.17) is 0 Å². The SMILES string of the molecule is c1ccc(N2CCCC2C2CCCCC2)nc1. The Morgan fingerprint density at radius 3 is 2.65 bits per heavy atom. The standard InChI is InChI=1S/C15H22N2/c1-2-7-13(8-3-1)14-9-6-12-17(14)15-10-4-5-11-16-15/h4-5,10-11,13-14H,1-3,6-9,12H2. The summed E-state index contributed by atoms with van der Waals surface area (Å²) >= 11 is 0. The van der Waals surface area contributed by atoms with E-state index < -0.39 is 0 Å². The Morgan fingerprint density at radius 2 is 1.88 bits per heavy atom. The Labute approximate surface area is 104 Å². The molecule has 0 amide bonds. The lowest BCUT2D eigenvalue weighted by Crippen LogP contribution is -2.37. The summed E-state index contributed by atoms with van der Waals surface area (Å²) in [5, 5.41) is 0. The van der Waals surface area contributed by atoms with Crippen LogP contribution in [0.2, 0.25) is 0 Å². The van der Waals surface area contributed by atoms with Gasteiger partial charge in [-0.1, -0.05) is 25.3 Å². The summed E-state index contributed by atoms with van der Waals surface area (Å²) in [7, 11) is 0. The largest absolute Gasteiger partial charge is 0.353 e. The van der Waals surface area contributed by atoms with Crippen molar-refractivity contribution in [2.75, 3.05) is 11.4 Å². The van der Waals surface area contributed by atoms with Crippen LogP contribution in [0.3, 0.4) is 0 Å². The minimum Gasteiger partial charge on any atom is -0.353 e. The molecule has 1 aromatic heterocycles. The van der Waals surface area contributed by atoms with Gasteiger partial charge >= 0.3 is 0 Å². The molecule has 0 N–H and O–H groups in total. The smallest absolute Gasteiger partial charge is 0.128 e. The summed E-state index contributed by atoms with van der Waals surface area (Å²) in [6.45, 7) is 1.21. The van der Waals surface area contributed by atoms with Crippen LogP contribution in [0.25, 0.3) is 0 Å². The zero-order chi connectivity index (χ0) is 11.5. The van der Waals surface area contributed by atoms with Gasteiger partial charge in [0.05, 0.1) is 0 Å². The zero-order valence-electron chi connectivity index (χ0n) is 10.5. The van der Waals surface area contributed by atoms with Gasteiger partial charge in [-0.2, -0.15) is 0 Å². The van der Waals surface area contributed by atoms with Crippen LogP contribution in [0.15, 0.2) is 24.4 Å². The normalized spacial score (nSPS) is 26.4. The highest BCUT2D eigenvalue weighted by atomic mass is 15.2. The summed E-state index contributed by atoms with van der Waals surface area (Å²) in [5.74, 6) is 2.12. The molecule has 1 aliphatic carbocycles. The molecule has 0 radical (unpaired) electrons. The lowest BCUT2D eigenvalue weighted by atomic mass is 9.83. The third-order valence-electron chi connectivity index (χ3n) is 4.44. The first kappa shape index (κ1) is 11.1. The molecule has 1 saturated heterocycles. The number of aromatic nitrogens is 1. The first-order chi connectivity index (χ1) is 8.45. The molecule has 2 heteroatoms. The monoisotopic (exact) mass is 230 g/mol. The van der Waals surface area contributed by atoms with Crippen LogP contribution >= 0.6 is 0 Å². The lowest BCUT2D eigenvalue weighted by molar-refractivity contribution is 0.304. The van der Waals surface area contributed by atoms with Gasteiger partial charge < -0.3 is 4.90 Å². The van der Waals surface area contributed by atoms with Crippen LogP contribution in [0.4, 0.5) is 5.82 Å². The lowest BCUT2D eigenvalue weighted by Gasteiger charge is -2.34. The Morgan fingerprint density at radius 1 is 1.00 bits per heavy atom. The molecule has 2 fully saturated rings. The molecule has 17 heavy (non-hydrogen) atoms. The number of nitrogens with zero attached hydrogens (tertiary/aromatic N) is 2. The number of rotatable bonds is 2. The van der Waals surface area contributed by atoms with Crippen molar-refractivity contribution < 1.29 is 0 Å². The zero-order valence-corrected chi connectivity index (χ0v) is 10.5. The molecule has 1 aromatic rings. The maximum atomic E-state index is 4.53. The molecule has 92 valence electrons. The molecule has 2 nitrogen and oxygen atoms in total. The third kappa shape index (κ3) is 2.31. The van der Waals surface area contributed by atoms with Gasteiger partial charge in [0.2, 0.25) is 0 Å². The van der Waals surface area contributed by atoms with Gasteiger partial charge in [0, 0.05) is 18.8 Å². The molecular weight excluding hydrogens is 208 g/mol. The molecule has 1 unspecified atom stereocenters. The topological polar surface area (TPSA) is 16.1 Å². The fourth-order valence-corrected chi connectivity index (χ4v) is 3.61. The first-order valence-corrected chi connectivity index (χ1v) is 7.13. The maximum Gasteiger partial charge on any atom is 0.128 e. The van der Waals surface area contributed by atoms with E-state index in [-0.39, 0.29) is 0 Å². The van der Waals surface area contributed by atoms with Gasteiger partial charge in [-0.3, -0.25) is 0 Å². The summed E-state index contributed by atoms with van der Waals surface area (Å²) in [6.07, 6.45) is 11.9. The number of pyridine rings is 1. The summed E-state index contributed by atoms with van der Waals surface area (Å²) in [6, 6.07) is 7.06. The second kappa shape index (κ2) is 5.07. The highest BCUT2D eigenvalue weighted by molar-refractivity contribution is 5.40. The molecule has 3 rings (SSSR count). The Kier molecular flexibility index (Phi) is 3.30. The summed E-state index contributed by atoms with van der Waals surface area (Å²) in [4.78, 5) is 7.10. The molecule has 0 spiro atoms. The van der Waals surface area contributed by atoms with Gasteiger partial charge in [-0.25, -0.2) is 4.98 Å². The molecule has 1 saturated carbocycles. The fourth-order valence-electron chi connectivity index (χ4n) is 3.61. The molecule has 0 aromatic carbocycles. The Hall–Kier alpha value is -1.05. The number of anilines is 1. The van der Waals surface area contributed by atoms with Crippen molar-refractivity contribution in [3.63, 3.8) is 0 Å². The van der Waals surface area contributed by atoms with E-state index >= 15 is 0 Å². The van der Waals surface area contributed by atoms with E-state index in [2.05, 4.69) is 22.0 Å². The highest BCUT2D eigenvalue weighted by Crippen LogP contribution is 2.35. The number of hydrogen-bond acceptors (Lipinski definition) is 2. The van der Waals surface area contributed by atoms with Gasteiger partial charge in [0.25, 0.3) is 0 Å². The third-order valence-corrected chi connectivity index (χ3v) is 4.44. The summed E-state index contributed by atoms with van der Waals surface area (Å²) in [5.41, 5.74) is 0. The van der Waals surface area contributed by atoms with Crippen molar-refractivity contribution >= 4 is 5.82 Å². The fraction of sp³-hybridized carbons (Fsp3) is 0.667. The van der Waals surface area contributed by atoms with Crippen molar-refractivity contribution in [1.82, 2.24) is 4.98 Å². The number of hydrogen-bond donors (Lipinski definition) is 0. The average molecular weight is 230 g/mol. The Balaban J connectivity index is 1.75. The van der Waals surface area contributed by atoms with Gasteiger partial charge in [0.1, 0.15) is 5.82 Å². The molecule has 2 aliphatic rings. The molecule has 2 heterocycles. The van der Waals surface area contributed by atoms with Gasteiger partial charge in [-0.05, 0) is 43.7 Å². The maximum absolute atomic E-state index is 4.53. The predicted molar refractivity (Wildman–Crippen MR) is 71.2 cm³/mol. The van der Waals surface area contributed by atoms with Gasteiger partial charge in [0.15, 0.2) is 0 Å². The van der Waals surface area contributed by atoms with Crippen LogP contribution in [0.1, 0.15) is 44.9 Å². The summed E-state index contributed by atoms with van der Waals surface area (Å²) < 4.78 is 0. The van der Waals surface area contributed by atoms with E-state index in [0.717, 1.165) is 12.0 Å². The van der Waals surface area contributed by atoms with Crippen molar-refractivity contribution in [3.05, 3.63) is 24.4 Å². The van der Waals surface area contributed by atoms with E-state index in [9.17, 15) is 0 Å².